The number of imidazole rings is 1. The number of nitrogens with one attached hydrogen (secondary N) is 2. The predicted octanol–water partition coefficient (Wildman–Crippen LogP) is 1.19. The summed E-state index contributed by atoms with van der Waals surface area (Å²) in [4.78, 5) is 29.6. The second kappa shape index (κ2) is 5.70. The van der Waals surface area contributed by atoms with Gasteiger partial charge < -0.3 is 19.8 Å². The summed E-state index contributed by atoms with van der Waals surface area (Å²) >= 11 is 3.06. The molecule has 1 atom stereocenters. The summed E-state index contributed by atoms with van der Waals surface area (Å²) < 4.78 is 5.19. The van der Waals surface area contributed by atoms with Gasteiger partial charge in [0.1, 0.15) is 6.04 Å². The van der Waals surface area contributed by atoms with E-state index in [2.05, 4.69) is 31.2 Å². The Labute approximate surface area is 116 Å². The van der Waals surface area contributed by atoms with Crippen LogP contribution in [0.5, 0.6) is 0 Å². The first-order chi connectivity index (χ1) is 9.08. The molecule has 0 spiro atoms. The molecule has 0 saturated carbocycles. The Bertz CT molecular complexity index is 579. The lowest BCUT2D eigenvalue weighted by atomic mass is 10.1. The van der Waals surface area contributed by atoms with Gasteiger partial charge in [-0.25, -0.2) is 9.78 Å². The van der Waals surface area contributed by atoms with Crippen LogP contribution in [0.1, 0.15) is 16.1 Å². The molecule has 2 aromatic heterocycles. The number of furan rings is 1. The first-order valence-electron chi connectivity index (χ1n) is 5.32. The largest absolute Gasteiger partial charge is 0.480 e. The molecule has 1 amide bonds. The van der Waals surface area contributed by atoms with Crippen molar-refractivity contribution >= 4 is 27.8 Å². The fraction of sp³-hybridized carbons (Fsp3) is 0.182. The van der Waals surface area contributed by atoms with Crippen LogP contribution in [0, 0.1) is 0 Å². The molecule has 2 heterocycles. The van der Waals surface area contributed by atoms with E-state index in [0.717, 1.165) is 0 Å². The van der Waals surface area contributed by atoms with Crippen molar-refractivity contribution in [1.82, 2.24) is 15.3 Å². The number of carbonyl (C=O) groups excluding carboxylic acids is 1. The van der Waals surface area contributed by atoms with Crippen LogP contribution in [0.2, 0.25) is 0 Å². The van der Waals surface area contributed by atoms with E-state index in [1.807, 2.05) is 0 Å². The summed E-state index contributed by atoms with van der Waals surface area (Å²) in [5.74, 6) is -1.64. The number of carbonyl (C=O) groups is 2. The highest BCUT2D eigenvalue weighted by atomic mass is 79.9. The highest BCUT2D eigenvalue weighted by molar-refractivity contribution is 9.10. The normalized spacial score (nSPS) is 12.1. The van der Waals surface area contributed by atoms with Gasteiger partial charge in [0.15, 0.2) is 4.67 Å². The SMILES string of the molecule is O=C(NC(Cc1cnc[nH]1)C(=O)O)c1ccoc1Br. The number of halogens is 1. The molecule has 7 nitrogen and oxygen atoms in total. The molecule has 100 valence electrons. The summed E-state index contributed by atoms with van der Waals surface area (Å²) in [5.41, 5.74) is 0.870. The molecule has 19 heavy (non-hydrogen) atoms. The van der Waals surface area contributed by atoms with Crippen LogP contribution in [0.4, 0.5) is 0 Å². The Balaban J connectivity index is 2.07. The summed E-state index contributed by atoms with van der Waals surface area (Å²) in [6, 6.07) is 0.406. The monoisotopic (exact) mass is 327 g/mol. The van der Waals surface area contributed by atoms with Gasteiger partial charge in [0.2, 0.25) is 0 Å². The van der Waals surface area contributed by atoms with Crippen molar-refractivity contribution in [3.63, 3.8) is 0 Å². The Kier molecular flexibility index (Phi) is 4.00. The van der Waals surface area contributed by atoms with Crippen molar-refractivity contribution in [2.24, 2.45) is 0 Å². The van der Waals surface area contributed by atoms with Gasteiger partial charge in [-0.2, -0.15) is 0 Å². The first-order valence-corrected chi connectivity index (χ1v) is 6.11. The predicted molar refractivity (Wildman–Crippen MR) is 67.6 cm³/mol. The smallest absolute Gasteiger partial charge is 0.326 e. The van der Waals surface area contributed by atoms with E-state index in [4.69, 9.17) is 9.52 Å². The molecule has 8 heteroatoms. The van der Waals surface area contributed by atoms with E-state index in [1.165, 1.54) is 24.9 Å². The number of aromatic nitrogens is 2. The third-order valence-electron chi connectivity index (χ3n) is 2.44. The molecule has 0 aliphatic rings. The van der Waals surface area contributed by atoms with Gasteiger partial charge in [0.25, 0.3) is 5.91 Å². The summed E-state index contributed by atoms with van der Waals surface area (Å²) in [6.07, 6.45) is 4.42. The zero-order valence-electron chi connectivity index (χ0n) is 9.59. The van der Waals surface area contributed by atoms with E-state index in [9.17, 15) is 9.59 Å². The van der Waals surface area contributed by atoms with Crippen LogP contribution >= 0.6 is 15.9 Å². The van der Waals surface area contributed by atoms with E-state index >= 15 is 0 Å². The van der Waals surface area contributed by atoms with Crippen molar-refractivity contribution in [3.8, 4) is 0 Å². The van der Waals surface area contributed by atoms with E-state index in [1.54, 1.807) is 0 Å². The molecule has 1 unspecified atom stereocenters. The molecule has 0 saturated heterocycles. The molecular weight excluding hydrogens is 318 g/mol. The molecular formula is C11H10BrN3O4. The zero-order valence-corrected chi connectivity index (χ0v) is 11.2. The number of carboxylic acid groups (broad SMARTS) is 1. The number of aromatic amines is 1. The van der Waals surface area contributed by atoms with Crippen molar-refractivity contribution in [2.45, 2.75) is 12.5 Å². The second-order valence-electron chi connectivity index (χ2n) is 3.75. The molecule has 2 aromatic rings. The maximum Gasteiger partial charge on any atom is 0.326 e. The van der Waals surface area contributed by atoms with Gasteiger partial charge in [0.05, 0.1) is 18.2 Å². The molecule has 2 rings (SSSR count). The molecule has 0 aromatic carbocycles. The highest BCUT2D eigenvalue weighted by Crippen LogP contribution is 2.17. The van der Waals surface area contributed by atoms with Crippen LogP contribution in [0.15, 0.2) is 33.9 Å². The van der Waals surface area contributed by atoms with Crippen LogP contribution in [-0.2, 0) is 11.2 Å². The fourth-order valence-electron chi connectivity index (χ4n) is 1.51. The molecule has 0 aliphatic carbocycles. The van der Waals surface area contributed by atoms with Crippen molar-refractivity contribution in [1.29, 1.82) is 0 Å². The minimum Gasteiger partial charge on any atom is -0.480 e. The van der Waals surface area contributed by atoms with Crippen LogP contribution in [0.25, 0.3) is 0 Å². The van der Waals surface area contributed by atoms with Gasteiger partial charge in [0, 0.05) is 18.3 Å². The van der Waals surface area contributed by atoms with Gasteiger partial charge in [-0.3, -0.25) is 4.79 Å². The van der Waals surface area contributed by atoms with Crippen LogP contribution < -0.4 is 5.32 Å². The van der Waals surface area contributed by atoms with Gasteiger partial charge in [-0.1, -0.05) is 0 Å². The quantitative estimate of drug-likeness (QED) is 0.764. The molecule has 3 N–H and O–H groups in total. The van der Waals surface area contributed by atoms with Crippen molar-refractivity contribution in [2.75, 3.05) is 0 Å². The average Bonchev–Trinajstić information content (AvgIpc) is 2.99. The van der Waals surface area contributed by atoms with E-state index < -0.39 is 17.9 Å². The van der Waals surface area contributed by atoms with Crippen LogP contribution in [-0.4, -0.2) is 33.0 Å². The van der Waals surface area contributed by atoms with Gasteiger partial charge in [-0.05, 0) is 22.0 Å². The third kappa shape index (κ3) is 3.22. The maximum atomic E-state index is 11.9. The third-order valence-corrected chi connectivity index (χ3v) is 3.06. The summed E-state index contributed by atoms with van der Waals surface area (Å²) in [7, 11) is 0. The lowest BCUT2D eigenvalue weighted by Gasteiger charge is -2.13. The number of aliphatic carboxylic acids is 1. The number of hydrogen-bond acceptors (Lipinski definition) is 4. The fourth-order valence-corrected chi connectivity index (χ4v) is 1.93. The Morgan fingerprint density at radius 2 is 2.37 bits per heavy atom. The van der Waals surface area contributed by atoms with Gasteiger partial charge >= 0.3 is 5.97 Å². The standard InChI is InChI=1S/C11H10BrN3O4/c12-9-7(1-2-19-9)10(16)15-8(11(17)18)3-6-4-13-5-14-6/h1-2,4-5,8H,3H2,(H,13,14)(H,15,16)(H,17,18). The van der Waals surface area contributed by atoms with Crippen molar-refractivity contribution < 1.29 is 19.1 Å². The number of nitrogens with zero attached hydrogens (tertiary/aromatic N) is 1. The number of carboxylic acids is 1. The molecule has 0 aliphatic heterocycles. The topological polar surface area (TPSA) is 108 Å². The van der Waals surface area contributed by atoms with Crippen molar-refractivity contribution in [3.05, 3.63) is 40.8 Å². The molecule has 0 radical (unpaired) electrons. The maximum absolute atomic E-state index is 11.9. The van der Waals surface area contributed by atoms with E-state index in [-0.39, 0.29) is 16.7 Å². The lowest BCUT2D eigenvalue weighted by molar-refractivity contribution is -0.139. The summed E-state index contributed by atoms with van der Waals surface area (Å²) in [5, 5.41) is 11.5. The van der Waals surface area contributed by atoms with E-state index in [0.29, 0.717) is 5.69 Å². The second-order valence-corrected chi connectivity index (χ2v) is 4.47. The van der Waals surface area contributed by atoms with Crippen LogP contribution in [0.3, 0.4) is 0 Å². The lowest BCUT2D eigenvalue weighted by Crippen LogP contribution is -2.42. The number of hydrogen-bond donors (Lipinski definition) is 3. The number of amides is 1. The average molecular weight is 328 g/mol. The minimum absolute atomic E-state index is 0.122. The van der Waals surface area contributed by atoms with Gasteiger partial charge in [-0.15, -0.1) is 0 Å². The first kappa shape index (κ1) is 13.3. The molecule has 0 fully saturated rings. The number of H-pyrrole nitrogens is 1. The highest BCUT2D eigenvalue weighted by Gasteiger charge is 2.23. The Morgan fingerprint density at radius 1 is 1.58 bits per heavy atom. The Morgan fingerprint density at radius 3 is 2.89 bits per heavy atom. The zero-order chi connectivity index (χ0) is 13.8. The Hall–Kier alpha value is -2.09. The number of rotatable bonds is 5. The molecule has 0 bridgehead atoms. The minimum atomic E-state index is -1.12. The summed E-state index contributed by atoms with van der Waals surface area (Å²) in [6.45, 7) is 0.